The molecule has 130 valence electrons. The van der Waals surface area contributed by atoms with Gasteiger partial charge in [-0.2, -0.15) is 5.10 Å². The van der Waals surface area contributed by atoms with Gasteiger partial charge >= 0.3 is 0 Å². The molecule has 25 heavy (non-hydrogen) atoms. The van der Waals surface area contributed by atoms with Crippen LogP contribution in [0.2, 0.25) is 0 Å². The fourth-order valence-corrected chi connectivity index (χ4v) is 3.47. The van der Waals surface area contributed by atoms with Gasteiger partial charge in [-0.25, -0.2) is 4.68 Å². The van der Waals surface area contributed by atoms with Gasteiger partial charge in [0.25, 0.3) is 0 Å². The van der Waals surface area contributed by atoms with E-state index in [1.165, 1.54) is 0 Å². The van der Waals surface area contributed by atoms with Crippen LogP contribution in [0.15, 0.2) is 30.5 Å². The first-order valence-corrected chi connectivity index (χ1v) is 8.49. The highest BCUT2D eigenvalue weighted by molar-refractivity contribution is 5.76. The Kier molecular flexibility index (Phi) is 3.87. The number of fused-ring (bicyclic) bond motifs is 1. The summed E-state index contributed by atoms with van der Waals surface area (Å²) >= 11 is 0. The van der Waals surface area contributed by atoms with Crippen molar-refractivity contribution in [2.24, 2.45) is 0 Å². The molecule has 1 aliphatic heterocycles. The summed E-state index contributed by atoms with van der Waals surface area (Å²) in [5.74, 6) is 1.66. The molecule has 1 saturated heterocycles. The smallest absolute Gasteiger partial charge is 0.244 e. The van der Waals surface area contributed by atoms with Gasteiger partial charge in [-0.1, -0.05) is 6.07 Å². The lowest BCUT2D eigenvalue weighted by molar-refractivity contribution is -0.133. The van der Waals surface area contributed by atoms with Crippen LogP contribution >= 0.6 is 0 Å². The van der Waals surface area contributed by atoms with E-state index in [-0.39, 0.29) is 18.4 Å². The molecule has 0 radical (unpaired) electrons. The standard InChI is InChI=1S/C17H21N7O/c1-12-9-14(18)24(21-12)11-16(25)22-7-4-5-13(10-22)17-20-19-15-6-2-3-8-23(15)17/h2-3,6,8-9,13H,4-5,7,10-11,18H2,1H3/t13-/m1/s1. The van der Waals surface area contributed by atoms with E-state index >= 15 is 0 Å². The SMILES string of the molecule is Cc1cc(N)n(CC(=O)N2CCC[C@@H](c3nnc4ccccn34)C2)n1. The normalized spacial score (nSPS) is 18.0. The first-order valence-electron chi connectivity index (χ1n) is 8.49. The molecular weight excluding hydrogens is 318 g/mol. The van der Waals surface area contributed by atoms with E-state index in [0.717, 1.165) is 36.6 Å². The molecule has 8 heteroatoms. The van der Waals surface area contributed by atoms with Crippen LogP contribution in [0, 0.1) is 6.92 Å². The number of rotatable bonds is 3. The van der Waals surface area contributed by atoms with Gasteiger partial charge in [-0.3, -0.25) is 9.20 Å². The van der Waals surface area contributed by atoms with Crippen molar-refractivity contribution in [3.8, 4) is 0 Å². The van der Waals surface area contributed by atoms with Gasteiger partial charge in [-0.05, 0) is 31.9 Å². The molecule has 0 unspecified atom stereocenters. The first-order chi connectivity index (χ1) is 12.1. The zero-order valence-corrected chi connectivity index (χ0v) is 14.2. The summed E-state index contributed by atoms with van der Waals surface area (Å²) in [6, 6.07) is 7.62. The van der Waals surface area contributed by atoms with Crippen LogP contribution in [-0.2, 0) is 11.3 Å². The Bertz CT molecular complexity index is 913. The summed E-state index contributed by atoms with van der Waals surface area (Å²) in [5, 5.41) is 12.8. The van der Waals surface area contributed by atoms with Crippen LogP contribution in [-0.4, -0.2) is 48.3 Å². The van der Waals surface area contributed by atoms with Crippen LogP contribution in [0.3, 0.4) is 0 Å². The second kappa shape index (κ2) is 6.19. The van der Waals surface area contributed by atoms with Gasteiger partial charge < -0.3 is 10.6 Å². The predicted octanol–water partition coefficient (Wildman–Crippen LogP) is 1.22. The minimum Gasteiger partial charge on any atom is -0.384 e. The molecule has 4 rings (SSSR count). The molecular formula is C17H21N7O. The number of aromatic nitrogens is 5. The molecule has 1 fully saturated rings. The van der Waals surface area contributed by atoms with Crippen LogP contribution in [0.1, 0.15) is 30.3 Å². The summed E-state index contributed by atoms with van der Waals surface area (Å²) in [7, 11) is 0. The quantitative estimate of drug-likeness (QED) is 0.774. The van der Waals surface area contributed by atoms with Crippen molar-refractivity contribution < 1.29 is 4.79 Å². The topological polar surface area (TPSA) is 94.3 Å². The van der Waals surface area contributed by atoms with Gasteiger partial charge in [0, 0.05) is 31.3 Å². The zero-order valence-electron chi connectivity index (χ0n) is 14.2. The number of amides is 1. The summed E-state index contributed by atoms with van der Waals surface area (Å²) in [6.07, 6.45) is 3.92. The van der Waals surface area contributed by atoms with E-state index < -0.39 is 0 Å². The molecule has 3 aromatic heterocycles. The van der Waals surface area contributed by atoms with Crippen molar-refractivity contribution in [3.63, 3.8) is 0 Å². The highest BCUT2D eigenvalue weighted by Gasteiger charge is 2.28. The fraction of sp³-hybridized carbons (Fsp3) is 0.412. The third kappa shape index (κ3) is 2.95. The second-order valence-corrected chi connectivity index (χ2v) is 6.53. The molecule has 0 aliphatic carbocycles. The minimum atomic E-state index is 0.0355. The van der Waals surface area contributed by atoms with Crippen molar-refractivity contribution in [1.82, 2.24) is 29.3 Å². The number of carbonyl (C=O) groups is 1. The average molecular weight is 339 g/mol. The van der Waals surface area contributed by atoms with E-state index in [9.17, 15) is 4.79 Å². The second-order valence-electron chi connectivity index (χ2n) is 6.53. The zero-order chi connectivity index (χ0) is 17.4. The van der Waals surface area contributed by atoms with Gasteiger partial charge in [0.1, 0.15) is 18.2 Å². The van der Waals surface area contributed by atoms with E-state index in [2.05, 4.69) is 15.3 Å². The Morgan fingerprint density at radius 3 is 3.04 bits per heavy atom. The molecule has 0 aromatic carbocycles. The van der Waals surface area contributed by atoms with Crippen molar-refractivity contribution in [2.75, 3.05) is 18.8 Å². The van der Waals surface area contributed by atoms with E-state index in [1.54, 1.807) is 10.7 Å². The Hall–Kier alpha value is -2.90. The Morgan fingerprint density at radius 1 is 1.36 bits per heavy atom. The third-order valence-corrected chi connectivity index (χ3v) is 4.70. The lowest BCUT2D eigenvalue weighted by Crippen LogP contribution is -2.41. The van der Waals surface area contributed by atoms with Crippen molar-refractivity contribution in [2.45, 2.75) is 32.2 Å². The number of aryl methyl sites for hydroxylation is 1. The van der Waals surface area contributed by atoms with E-state index in [0.29, 0.717) is 12.4 Å². The molecule has 1 atom stereocenters. The molecule has 1 amide bonds. The maximum absolute atomic E-state index is 12.7. The predicted molar refractivity (Wildman–Crippen MR) is 92.9 cm³/mol. The van der Waals surface area contributed by atoms with Crippen LogP contribution in [0.4, 0.5) is 5.82 Å². The number of anilines is 1. The number of nitrogens with two attached hydrogens (primary N) is 1. The highest BCUT2D eigenvalue weighted by atomic mass is 16.2. The van der Waals surface area contributed by atoms with Crippen molar-refractivity contribution >= 4 is 17.4 Å². The summed E-state index contributed by atoms with van der Waals surface area (Å²) in [5.41, 5.74) is 7.54. The summed E-state index contributed by atoms with van der Waals surface area (Å²) in [4.78, 5) is 14.6. The van der Waals surface area contributed by atoms with Gasteiger partial charge in [0.05, 0.1) is 5.69 Å². The van der Waals surface area contributed by atoms with Gasteiger partial charge in [-0.15, -0.1) is 10.2 Å². The largest absolute Gasteiger partial charge is 0.384 e. The lowest BCUT2D eigenvalue weighted by atomic mass is 9.97. The number of carbonyl (C=O) groups excluding carboxylic acids is 1. The minimum absolute atomic E-state index is 0.0355. The third-order valence-electron chi connectivity index (χ3n) is 4.70. The number of piperidine rings is 1. The fourth-order valence-electron chi connectivity index (χ4n) is 3.47. The van der Waals surface area contributed by atoms with E-state index in [4.69, 9.17) is 5.73 Å². The lowest BCUT2D eigenvalue weighted by Gasteiger charge is -2.32. The Balaban J connectivity index is 1.51. The molecule has 0 bridgehead atoms. The van der Waals surface area contributed by atoms with Crippen LogP contribution in [0.25, 0.3) is 5.65 Å². The van der Waals surface area contributed by atoms with Crippen molar-refractivity contribution in [1.29, 1.82) is 0 Å². The van der Waals surface area contributed by atoms with Crippen LogP contribution in [0.5, 0.6) is 0 Å². The molecule has 0 saturated carbocycles. The van der Waals surface area contributed by atoms with Crippen molar-refractivity contribution in [3.05, 3.63) is 42.0 Å². The molecule has 1 aliphatic rings. The molecule has 8 nitrogen and oxygen atoms in total. The number of hydrogen-bond donors (Lipinski definition) is 1. The molecule has 0 spiro atoms. The first kappa shape index (κ1) is 15.6. The molecule has 2 N–H and O–H groups in total. The molecule has 3 aromatic rings. The number of nitrogens with zero attached hydrogens (tertiary/aromatic N) is 6. The summed E-state index contributed by atoms with van der Waals surface area (Å²) in [6.45, 7) is 3.44. The van der Waals surface area contributed by atoms with Crippen LogP contribution < -0.4 is 5.73 Å². The maximum Gasteiger partial charge on any atom is 0.244 e. The van der Waals surface area contributed by atoms with E-state index in [1.807, 2.05) is 40.6 Å². The number of pyridine rings is 1. The average Bonchev–Trinajstić information content (AvgIpc) is 3.18. The van der Waals surface area contributed by atoms with Gasteiger partial charge in [0.15, 0.2) is 5.65 Å². The summed E-state index contributed by atoms with van der Waals surface area (Å²) < 4.78 is 3.57. The maximum atomic E-state index is 12.7. The Labute approximate surface area is 145 Å². The Morgan fingerprint density at radius 2 is 2.24 bits per heavy atom. The number of likely N-dealkylation sites (tertiary alicyclic amines) is 1. The molecule has 4 heterocycles. The highest BCUT2D eigenvalue weighted by Crippen LogP contribution is 2.26. The number of hydrogen-bond acceptors (Lipinski definition) is 5. The monoisotopic (exact) mass is 339 g/mol. The van der Waals surface area contributed by atoms with Gasteiger partial charge in [0.2, 0.25) is 5.91 Å². The number of nitrogen functional groups attached to an aromatic ring is 1.